The number of nitrogens with one attached hydrogen (secondary N) is 2. The summed E-state index contributed by atoms with van der Waals surface area (Å²) in [7, 11) is 1.57. The number of carboxylic acid groups (broad SMARTS) is 1. The molecule has 0 saturated carbocycles. The third-order valence-corrected chi connectivity index (χ3v) is 4.37. The first-order chi connectivity index (χ1) is 14.8. The molecule has 3 N–H and O–H groups in total. The van der Waals surface area contributed by atoms with Gasteiger partial charge in [-0.2, -0.15) is 15.0 Å². The van der Waals surface area contributed by atoms with Crippen LogP contribution < -0.4 is 15.4 Å². The minimum Gasteiger partial charge on any atom is -0.497 e. The molecule has 3 aromatic rings. The molecule has 2 aromatic carbocycles. The van der Waals surface area contributed by atoms with Gasteiger partial charge >= 0.3 is 5.97 Å². The third-order valence-electron chi connectivity index (χ3n) is 4.37. The van der Waals surface area contributed by atoms with Gasteiger partial charge in [0, 0.05) is 11.3 Å². The Kier molecular flexibility index (Phi) is 6.96. The van der Waals surface area contributed by atoms with Crippen LogP contribution in [-0.4, -0.2) is 39.2 Å². The van der Waals surface area contributed by atoms with Crippen LogP contribution in [0.1, 0.15) is 20.3 Å². The zero-order valence-electron chi connectivity index (χ0n) is 17.5. The minimum atomic E-state index is -1.00. The van der Waals surface area contributed by atoms with Crippen LogP contribution in [0, 0.1) is 11.7 Å². The highest BCUT2D eigenvalue weighted by Crippen LogP contribution is 2.23. The first kappa shape index (κ1) is 21.9. The smallest absolute Gasteiger partial charge is 0.326 e. The van der Waals surface area contributed by atoms with E-state index in [4.69, 9.17) is 4.74 Å². The van der Waals surface area contributed by atoms with Crippen LogP contribution >= 0.6 is 0 Å². The van der Waals surface area contributed by atoms with Gasteiger partial charge in [-0.15, -0.1) is 0 Å². The lowest BCUT2D eigenvalue weighted by atomic mass is 10.0. The monoisotopic (exact) mass is 425 g/mol. The number of carboxylic acids is 1. The fourth-order valence-corrected chi connectivity index (χ4v) is 2.91. The van der Waals surface area contributed by atoms with E-state index in [9.17, 15) is 14.3 Å². The molecule has 0 aliphatic rings. The molecule has 9 heteroatoms. The Morgan fingerprint density at radius 3 is 2.42 bits per heavy atom. The van der Waals surface area contributed by atoms with E-state index in [-0.39, 0.29) is 17.8 Å². The molecule has 1 aromatic heterocycles. The summed E-state index contributed by atoms with van der Waals surface area (Å²) in [4.78, 5) is 24.8. The fourth-order valence-electron chi connectivity index (χ4n) is 2.91. The van der Waals surface area contributed by atoms with Crippen LogP contribution in [0.15, 0.2) is 48.5 Å². The maximum Gasteiger partial charge on any atom is 0.326 e. The van der Waals surface area contributed by atoms with Gasteiger partial charge in [0.15, 0.2) is 5.82 Å². The lowest BCUT2D eigenvalue weighted by Crippen LogP contribution is -2.31. The number of benzene rings is 2. The van der Waals surface area contributed by atoms with Crippen LogP contribution in [0.25, 0.3) is 11.4 Å². The zero-order chi connectivity index (χ0) is 22.4. The Morgan fingerprint density at radius 2 is 1.81 bits per heavy atom. The van der Waals surface area contributed by atoms with Crippen LogP contribution in [-0.2, 0) is 4.79 Å². The summed E-state index contributed by atoms with van der Waals surface area (Å²) in [5.74, 6) is 0.0112. The van der Waals surface area contributed by atoms with Crippen LogP contribution in [0.5, 0.6) is 5.75 Å². The zero-order valence-corrected chi connectivity index (χ0v) is 17.5. The summed E-state index contributed by atoms with van der Waals surface area (Å²) >= 11 is 0. The molecule has 0 aliphatic heterocycles. The SMILES string of the molecule is COc1ccc(-c2nc(Nc3cccc(F)c3)nc(N[C@@H](CC(C)C)C(=O)O)n2)cc1. The van der Waals surface area contributed by atoms with Crippen molar-refractivity contribution in [2.75, 3.05) is 17.7 Å². The summed E-state index contributed by atoms with van der Waals surface area (Å²) in [6.45, 7) is 3.87. The largest absolute Gasteiger partial charge is 0.497 e. The second-order valence-corrected chi connectivity index (χ2v) is 7.33. The second-order valence-electron chi connectivity index (χ2n) is 7.33. The van der Waals surface area contributed by atoms with E-state index in [1.54, 1.807) is 43.5 Å². The van der Waals surface area contributed by atoms with Crippen molar-refractivity contribution in [1.29, 1.82) is 0 Å². The number of aliphatic carboxylic acids is 1. The lowest BCUT2D eigenvalue weighted by molar-refractivity contribution is -0.138. The molecule has 0 radical (unpaired) electrons. The van der Waals surface area contributed by atoms with E-state index in [0.29, 0.717) is 29.2 Å². The van der Waals surface area contributed by atoms with E-state index in [2.05, 4.69) is 25.6 Å². The highest BCUT2D eigenvalue weighted by atomic mass is 19.1. The third kappa shape index (κ3) is 6.11. The number of nitrogens with zero attached hydrogens (tertiary/aromatic N) is 3. The van der Waals surface area contributed by atoms with Gasteiger partial charge in [0.05, 0.1) is 7.11 Å². The van der Waals surface area contributed by atoms with Crippen LogP contribution in [0.3, 0.4) is 0 Å². The van der Waals surface area contributed by atoms with E-state index in [1.165, 1.54) is 12.1 Å². The van der Waals surface area contributed by atoms with Crippen molar-refractivity contribution in [3.8, 4) is 17.1 Å². The fraction of sp³-hybridized carbons (Fsp3) is 0.273. The van der Waals surface area contributed by atoms with Crippen molar-refractivity contribution < 1.29 is 19.0 Å². The molecule has 0 bridgehead atoms. The summed E-state index contributed by atoms with van der Waals surface area (Å²) in [6.07, 6.45) is 0.394. The van der Waals surface area contributed by atoms with Gasteiger partial charge in [-0.25, -0.2) is 9.18 Å². The summed E-state index contributed by atoms with van der Waals surface area (Å²) in [6, 6.07) is 12.1. The molecule has 31 heavy (non-hydrogen) atoms. The number of methoxy groups -OCH3 is 1. The molecule has 162 valence electrons. The number of rotatable bonds is 9. The van der Waals surface area contributed by atoms with Gasteiger partial charge in [0.1, 0.15) is 17.6 Å². The molecular weight excluding hydrogens is 401 g/mol. The molecule has 0 unspecified atom stereocenters. The van der Waals surface area contributed by atoms with E-state index in [0.717, 1.165) is 0 Å². The molecule has 0 fully saturated rings. The average molecular weight is 425 g/mol. The highest BCUT2D eigenvalue weighted by Gasteiger charge is 2.21. The van der Waals surface area contributed by atoms with Gasteiger partial charge in [-0.05, 0) is 54.8 Å². The normalized spacial score (nSPS) is 11.8. The van der Waals surface area contributed by atoms with Gasteiger partial charge in [0.25, 0.3) is 0 Å². The van der Waals surface area contributed by atoms with Crippen LogP contribution in [0.2, 0.25) is 0 Å². The van der Waals surface area contributed by atoms with E-state index >= 15 is 0 Å². The first-order valence-electron chi connectivity index (χ1n) is 9.76. The standard InChI is InChI=1S/C22H24FN5O3/c1-13(2)11-18(20(29)30)25-22-27-19(14-7-9-17(31-3)10-8-14)26-21(28-22)24-16-6-4-5-15(23)12-16/h4-10,12-13,18H,11H2,1-3H3,(H,29,30)(H2,24,25,26,27,28)/t18-/m0/s1. The molecule has 1 heterocycles. The number of hydrogen-bond donors (Lipinski definition) is 3. The number of halogens is 1. The topological polar surface area (TPSA) is 109 Å². The highest BCUT2D eigenvalue weighted by molar-refractivity contribution is 5.76. The number of ether oxygens (including phenoxy) is 1. The minimum absolute atomic E-state index is 0.104. The molecule has 1 atom stereocenters. The maximum absolute atomic E-state index is 13.6. The lowest BCUT2D eigenvalue weighted by Gasteiger charge is -2.17. The summed E-state index contributed by atoms with van der Waals surface area (Å²) in [5, 5.41) is 15.4. The Morgan fingerprint density at radius 1 is 1.10 bits per heavy atom. The van der Waals surface area contributed by atoms with Gasteiger partial charge in [-0.1, -0.05) is 19.9 Å². The number of anilines is 3. The molecule has 8 nitrogen and oxygen atoms in total. The van der Waals surface area contributed by atoms with Crippen molar-refractivity contribution in [1.82, 2.24) is 15.0 Å². The average Bonchev–Trinajstić information content (AvgIpc) is 2.73. The quantitative estimate of drug-likeness (QED) is 0.464. The summed E-state index contributed by atoms with van der Waals surface area (Å²) in [5.41, 5.74) is 1.14. The van der Waals surface area contributed by atoms with Gasteiger partial charge < -0.3 is 20.5 Å². The molecule has 0 spiro atoms. The first-order valence-corrected chi connectivity index (χ1v) is 9.76. The Labute approximate surface area is 179 Å². The van der Waals surface area contributed by atoms with Crippen molar-refractivity contribution >= 4 is 23.6 Å². The van der Waals surface area contributed by atoms with Crippen molar-refractivity contribution in [3.05, 3.63) is 54.3 Å². The number of aromatic nitrogens is 3. The maximum atomic E-state index is 13.6. The molecular formula is C22H24FN5O3. The van der Waals surface area contributed by atoms with E-state index < -0.39 is 17.8 Å². The van der Waals surface area contributed by atoms with Crippen LogP contribution in [0.4, 0.5) is 22.0 Å². The van der Waals surface area contributed by atoms with Crippen molar-refractivity contribution in [3.63, 3.8) is 0 Å². The Hall–Kier alpha value is -3.75. The molecule has 0 amide bonds. The molecule has 3 rings (SSSR count). The Balaban J connectivity index is 1.98. The van der Waals surface area contributed by atoms with Crippen molar-refractivity contribution in [2.45, 2.75) is 26.3 Å². The summed E-state index contributed by atoms with van der Waals surface area (Å²) < 4.78 is 18.7. The van der Waals surface area contributed by atoms with E-state index in [1.807, 2.05) is 13.8 Å². The van der Waals surface area contributed by atoms with Gasteiger partial charge in [-0.3, -0.25) is 0 Å². The predicted octanol–water partition coefficient (Wildman–Crippen LogP) is 4.34. The number of hydrogen-bond acceptors (Lipinski definition) is 7. The van der Waals surface area contributed by atoms with Gasteiger partial charge in [0.2, 0.25) is 11.9 Å². The molecule has 0 saturated heterocycles. The Bertz CT molecular complexity index is 1040. The molecule has 0 aliphatic carbocycles. The second kappa shape index (κ2) is 9.84. The number of carbonyl (C=O) groups is 1. The predicted molar refractivity (Wildman–Crippen MR) is 116 cm³/mol. The van der Waals surface area contributed by atoms with Crippen molar-refractivity contribution in [2.24, 2.45) is 5.92 Å².